The minimum absolute atomic E-state index is 0.404. The zero-order chi connectivity index (χ0) is 6.69. The molecule has 0 aliphatic carbocycles. The summed E-state index contributed by atoms with van der Waals surface area (Å²) in [6.45, 7) is 0.404. The van der Waals surface area contributed by atoms with Gasteiger partial charge in [0.25, 0.3) is 0 Å². The fourth-order valence-electron chi connectivity index (χ4n) is 0.638. The van der Waals surface area contributed by atoms with Gasteiger partial charge in [0.1, 0.15) is 0 Å². The molecule has 4 nitrogen and oxygen atoms in total. The minimum atomic E-state index is 0.404. The number of hydrogen-bond donors (Lipinski definition) is 2. The van der Waals surface area contributed by atoms with Gasteiger partial charge in [-0.25, -0.2) is 0 Å². The summed E-state index contributed by atoms with van der Waals surface area (Å²) in [4.78, 5) is 0. The van der Waals surface area contributed by atoms with Crippen LogP contribution in [0.1, 0.15) is 5.69 Å². The lowest BCUT2D eigenvalue weighted by atomic mass is 10.4. The molecule has 0 bridgehead atoms. The van der Waals surface area contributed by atoms with E-state index in [1.807, 2.05) is 24.8 Å². The number of nitrogens with zero attached hydrogens (tertiary/aromatic N) is 2. The van der Waals surface area contributed by atoms with Crippen molar-refractivity contribution in [3.63, 3.8) is 0 Å². The molecule has 0 spiro atoms. The van der Waals surface area contributed by atoms with Crippen molar-refractivity contribution in [1.82, 2.24) is 15.3 Å². The van der Waals surface area contributed by atoms with Gasteiger partial charge in [0.15, 0.2) is 0 Å². The summed E-state index contributed by atoms with van der Waals surface area (Å²) in [7, 11) is 1.83. The van der Waals surface area contributed by atoms with Crippen LogP contribution in [0, 0.1) is 0 Å². The van der Waals surface area contributed by atoms with Gasteiger partial charge < -0.3 is 5.21 Å². The van der Waals surface area contributed by atoms with Crippen LogP contribution in [0.2, 0.25) is 0 Å². The molecule has 50 valence electrons. The highest BCUT2D eigenvalue weighted by Crippen LogP contribution is 1.90. The van der Waals surface area contributed by atoms with Crippen molar-refractivity contribution in [3.8, 4) is 0 Å². The van der Waals surface area contributed by atoms with Gasteiger partial charge in [0.05, 0.1) is 12.2 Å². The number of nitrogens with one attached hydrogen (secondary N) is 1. The maximum Gasteiger partial charge on any atom is 0.0786 e. The van der Waals surface area contributed by atoms with Crippen molar-refractivity contribution in [1.29, 1.82) is 0 Å². The number of aryl methyl sites for hydroxylation is 1. The number of aromatic nitrogens is 2. The van der Waals surface area contributed by atoms with E-state index >= 15 is 0 Å². The van der Waals surface area contributed by atoms with Crippen molar-refractivity contribution in [2.24, 2.45) is 7.05 Å². The Morgan fingerprint density at radius 2 is 2.67 bits per heavy atom. The van der Waals surface area contributed by atoms with Gasteiger partial charge in [-0.1, -0.05) is 0 Å². The van der Waals surface area contributed by atoms with Crippen LogP contribution in [0.5, 0.6) is 0 Å². The maximum absolute atomic E-state index is 8.23. The summed E-state index contributed by atoms with van der Waals surface area (Å²) in [6, 6.07) is 1.84. The molecular weight excluding hydrogens is 118 g/mol. The molecule has 0 atom stereocenters. The molecule has 0 saturated heterocycles. The van der Waals surface area contributed by atoms with E-state index in [0.29, 0.717) is 6.54 Å². The van der Waals surface area contributed by atoms with Crippen LogP contribution in [0.3, 0.4) is 0 Å². The van der Waals surface area contributed by atoms with E-state index in [-0.39, 0.29) is 0 Å². The second-order valence-corrected chi connectivity index (χ2v) is 1.82. The van der Waals surface area contributed by atoms with Gasteiger partial charge in [-0.15, -0.1) is 0 Å². The minimum Gasteiger partial charge on any atom is -0.316 e. The molecule has 0 aromatic carbocycles. The standard InChI is InChI=1S/C5H9N3O/c1-8-3-2-5(7-8)4-6-9/h2-3,6,9H,4H2,1H3. The molecule has 2 N–H and O–H groups in total. The molecule has 0 amide bonds. The zero-order valence-corrected chi connectivity index (χ0v) is 5.20. The summed E-state index contributed by atoms with van der Waals surface area (Å²) in [5, 5.41) is 12.2. The summed E-state index contributed by atoms with van der Waals surface area (Å²) in [6.07, 6.45) is 1.83. The van der Waals surface area contributed by atoms with E-state index in [2.05, 4.69) is 5.10 Å². The first-order valence-corrected chi connectivity index (χ1v) is 2.68. The first-order chi connectivity index (χ1) is 4.33. The molecule has 1 aromatic heterocycles. The predicted molar refractivity (Wildman–Crippen MR) is 31.8 cm³/mol. The third-order valence-electron chi connectivity index (χ3n) is 1.03. The highest BCUT2D eigenvalue weighted by molar-refractivity contribution is 4.97. The molecule has 0 unspecified atom stereocenters. The lowest BCUT2D eigenvalue weighted by Gasteiger charge is -1.89. The monoisotopic (exact) mass is 127 g/mol. The van der Waals surface area contributed by atoms with E-state index < -0.39 is 0 Å². The Balaban J connectivity index is 2.61. The third-order valence-corrected chi connectivity index (χ3v) is 1.03. The third kappa shape index (κ3) is 1.51. The molecule has 4 heteroatoms. The molecule has 0 aliphatic rings. The SMILES string of the molecule is Cn1ccc(CNO)n1. The zero-order valence-electron chi connectivity index (χ0n) is 5.20. The number of hydrogen-bond acceptors (Lipinski definition) is 3. The highest BCUT2D eigenvalue weighted by atomic mass is 16.5. The van der Waals surface area contributed by atoms with Crippen LogP contribution in [-0.4, -0.2) is 15.0 Å². The van der Waals surface area contributed by atoms with E-state index in [1.165, 1.54) is 0 Å². The Labute approximate surface area is 53.1 Å². The maximum atomic E-state index is 8.23. The quantitative estimate of drug-likeness (QED) is 0.545. The fourth-order valence-corrected chi connectivity index (χ4v) is 0.638. The van der Waals surface area contributed by atoms with Crippen LogP contribution >= 0.6 is 0 Å². The van der Waals surface area contributed by atoms with Crippen molar-refractivity contribution in [2.45, 2.75) is 6.54 Å². The van der Waals surface area contributed by atoms with Crippen LogP contribution < -0.4 is 5.48 Å². The fraction of sp³-hybridized carbons (Fsp3) is 0.400. The van der Waals surface area contributed by atoms with Crippen LogP contribution in [0.4, 0.5) is 0 Å². The lowest BCUT2D eigenvalue weighted by Crippen LogP contribution is -2.06. The highest BCUT2D eigenvalue weighted by Gasteiger charge is 1.91. The summed E-state index contributed by atoms with van der Waals surface area (Å²) >= 11 is 0. The van der Waals surface area contributed by atoms with Crippen molar-refractivity contribution in [2.75, 3.05) is 0 Å². The van der Waals surface area contributed by atoms with Gasteiger partial charge in [-0.3, -0.25) is 4.68 Å². The largest absolute Gasteiger partial charge is 0.316 e. The lowest BCUT2D eigenvalue weighted by molar-refractivity contribution is 0.160. The predicted octanol–water partition coefficient (Wildman–Crippen LogP) is -0.101. The average molecular weight is 127 g/mol. The molecule has 0 saturated carbocycles. The molecule has 1 heterocycles. The molecular formula is C5H9N3O. The van der Waals surface area contributed by atoms with Gasteiger partial charge in [-0.05, 0) is 6.07 Å². The normalized spacial score (nSPS) is 10.0. The van der Waals surface area contributed by atoms with Gasteiger partial charge in [-0.2, -0.15) is 10.6 Å². The molecule has 0 aliphatic heterocycles. The summed E-state index contributed by atoms with van der Waals surface area (Å²) < 4.78 is 1.69. The van der Waals surface area contributed by atoms with Crippen LogP contribution in [0.15, 0.2) is 12.3 Å². The van der Waals surface area contributed by atoms with Crippen molar-refractivity contribution < 1.29 is 5.21 Å². The van der Waals surface area contributed by atoms with Crippen LogP contribution in [0.25, 0.3) is 0 Å². The van der Waals surface area contributed by atoms with Crippen molar-refractivity contribution in [3.05, 3.63) is 18.0 Å². The molecule has 1 rings (SSSR count). The Morgan fingerprint density at radius 3 is 3.11 bits per heavy atom. The number of rotatable bonds is 2. The van der Waals surface area contributed by atoms with E-state index in [0.717, 1.165) is 5.69 Å². The number of hydroxylamine groups is 1. The van der Waals surface area contributed by atoms with Gasteiger partial charge >= 0.3 is 0 Å². The van der Waals surface area contributed by atoms with Crippen molar-refractivity contribution >= 4 is 0 Å². The Kier molecular flexibility index (Phi) is 1.81. The molecule has 1 aromatic rings. The summed E-state index contributed by atoms with van der Waals surface area (Å²) in [5.41, 5.74) is 2.85. The second kappa shape index (κ2) is 2.61. The average Bonchev–Trinajstić information content (AvgIpc) is 2.17. The first-order valence-electron chi connectivity index (χ1n) is 2.68. The summed E-state index contributed by atoms with van der Waals surface area (Å²) in [5.74, 6) is 0. The smallest absolute Gasteiger partial charge is 0.0786 e. The Morgan fingerprint density at radius 1 is 1.89 bits per heavy atom. The second-order valence-electron chi connectivity index (χ2n) is 1.82. The van der Waals surface area contributed by atoms with Crippen LogP contribution in [-0.2, 0) is 13.6 Å². The van der Waals surface area contributed by atoms with Gasteiger partial charge in [0.2, 0.25) is 0 Å². The Hall–Kier alpha value is -0.870. The van der Waals surface area contributed by atoms with E-state index in [4.69, 9.17) is 5.21 Å². The molecule has 9 heavy (non-hydrogen) atoms. The van der Waals surface area contributed by atoms with E-state index in [9.17, 15) is 0 Å². The van der Waals surface area contributed by atoms with Gasteiger partial charge in [0, 0.05) is 13.2 Å². The molecule has 0 fully saturated rings. The topological polar surface area (TPSA) is 50.1 Å². The molecule has 0 radical (unpaired) electrons. The Bertz CT molecular complexity index is 184. The van der Waals surface area contributed by atoms with E-state index in [1.54, 1.807) is 4.68 Å². The first kappa shape index (κ1) is 6.25.